The second-order valence-corrected chi connectivity index (χ2v) is 7.65. The van der Waals surface area contributed by atoms with Crippen molar-refractivity contribution in [2.24, 2.45) is 0 Å². The van der Waals surface area contributed by atoms with E-state index in [4.69, 9.17) is 4.74 Å². The van der Waals surface area contributed by atoms with Crippen molar-refractivity contribution in [3.05, 3.63) is 65.5 Å². The van der Waals surface area contributed by atoms with Gasteiger partial charge in [0, 0.05) is 32.5 Å². The first-order chi connectivity index (χ1) is 14.2. The highest BCUT2D eigenvalue weighted by atomic mass is 19.1. The Balaban J connectivity index is 1.72. The zero-order valence-corrected chi connectivity index (χ0v) is 17.4. The quantitative estimate of drug-likeness (QED) is 0.656. The number of carbonyl (C=O) groups is 3. The van der Waals surface area contributed by atoms with Crippen molar-refractivity contribution in [3.8, 4) is 5.75 Å². The molecule has 0 radical (unpaired) electrons. The Morgan fingerprint density at radius 2 is 1.83 bits per heavy atom. The average Bonchev–Trinajstić information content (AvgIpc) is 2.94. The molecule has 3 amide bonds. The van der Waals surface area contributed by atoms with Gasteiger partial charge >= 0.3 is 0 Å². The summed E-state index contributed by atoms with van der Waals surface area (Å²) in [6.45, 7) is 2.54. The molecule has 0 spiro atoms. The van der Waals surface area contributed by atoms with Crippen LogP contribution in [0.2, 0.25) is 0 Å². The highest BCUT2D eigenvalue weighted by molar-refractivity contribution is 6.10. The SMILES string of the molecule is Cc1ccc(OCCN(C)C(=O)C[C@]2(c3ccccc3F)CC(=O)N(C)C2=O)cc1. The van der Waals surface area contributed by atoms with Gasteiger partial charge in [0.1, 0.15) is 18.2 Å². The van der Waals surface area contributed by atoms with E-state index in [1.165, 1.54) is 30.1 Å². The number of likely N-dealkylation sites (N-methyl/N-ethyl adjacent to an activating group) is 2. The minimum atomic E-state index is -1.53. The smallest absolute Gasteiger partial charge is 0.240 e. The number of halogens is 1. The third-order valence-corrected chi connectivity index (χ3v) is 5.53. The van der Waals surface area contributed by atoms with Gasteiger partial charge in [0.15, 0.2) is 0 Å². The zero-order chi connectivity index (χ0) is 21.9. The lowest BCUT2D eigenvalue weighted by Crippen LogP contribution is -2.43. The molecule has 0 aromatic heterocycles. The molecule has 2 aromatic rings. The molecule has 30 heavy (non-hydrogen) atoms. The second-order valence-electron chi connectivity index (χ2n) is 7.65. The molecule has 1 fully saturated rings. The van der Waals surface area contributed by atoms with E-state index in [0.717, 1.165) is 10.5 Å². The van der Waals surface area contributed by atoms with Gasteiger partial charge in [0.25, 0.3) is 0 Å². The molecule has 1 saturated heterocycles. The van der Waals surface area contributed by atoms with E-state index >= 15 is 0 Å². The highest BCUT2D eigenvalue weighted by Crippen LogP contribution is 2.40. The predicted molar refractivity (Wildman–Crippen MR) is 109 cm³/mol. The van der Waals surface area contributed by atoms with E-state index < -0.39 is 23.0 Å². The molecule has 158 valence electrons. The van der Waals surface area contributed by atoms with Crippen molar-refractivity contribution >= 4 is 17.7 Å². The van der Waals surface area contributed by atoms with Gasteiger partial charge < -0.3 is 9.64 Å². The molecular weight excluding hydrogens is 387 g/mol. The normalized spacial score (nSPS) is 18.6. The van der Waals surface area contributed by atoms with Gasteiger partial charge in [-0.05, 0) is 25.1 Å². The first kappa shape index (κ1) is 21.5. The maximum atomic E-state index is 14.6. The Labute approximate surface area is 175 Å². The van der Waals surface area contributed by atoms with Gasteiger partial charge in [-0.1, -0.05) is 35.9 Å². The van der Waals surface area contributed by atoms with E-state index in [1.54, 1.807) is 13.1 Å². The molecule has 0 bridgehead atoms. The molecule has 1 aliphatic heterocycles. The summed E-state index contributed by atoms with van der Waals surface area (Å²) in [5.74, 6) is -1.26. The summed E-state index contributed by atoms with van der Waals surface area (Å²) in [5, 5.41) is 0. The topological polar surface area (TPSA) is 66.9 Å². The van der Waals surface area contributed by atoms with Crippen LogP contribution in [0.1, 0.15) is 24.0 Å². The number of hydrogen-bond acceptors (Lipinski definition) is 4. The number of ether oxygens (including phenoxy) is 1. The number of rotatable bonds is 7. The van der Waals surface area contributed by atoms with E-state index in [-0.39, 0.29) is 37.5 Å². The Hall–Kier alpha value is -3.22. The number of amides is 3. The van der Waals surface area contributed by atoms with Crippen LogP contribution in [-0.4, -0.2) is 54.8 Å². The molecule has 0 saturated carbocycles. The largest absolute Gasteiger partial charge is 0.492 e. The Bertz CT molecular complexity index is 960. The molecule has 2 aromatic carbocycles. The van der Waals surface area contributed by atoms with Crippen LogP contribution in [-0.2, 0) is 19.8 Å². The molecule has 1 aliphatic rings. The molecule has 0 N–H and O–H groups in total. The Morgan fingerprint density at radius 3 is 2.43 bits per heavy atom. The van der Waals surface area contributed by atoms with E-state index in [9.17, 15) is 18.8 Å². The number of benzene rings is 2. The third kappa shape index (κ3) is 4.20. The number of likely N-dealkylation sites (tertiary alicyclic amines) is 1. The minimum Gasteiger partial charge on any atom is -0.492 e. The summed E-state index contributed by atoms with van der Waals surface area (Å²) in [6, 6.07) is 13.4. The van der Waals surface area contributed by atoms with E-state index in [1.807, 2.05) is 31.2 Å². The molecule has 0 unspecified atom stereocenters. The fraction of sp³-hybridized carbons (Fsp3) is 0.348. The van der Waals surface area contributed by atoms with Gasteiger partial charge in [0.2, 0.25) is 17.7 Å². The van der Waals surface area contributed by atoms with Gasteiger partial charge in [0.05, 0.1) is 12.0 Å². The van der Waals surface area contributed by atoms with Crippen molar-refractivity contribution < 1.29 is 23.5 Å². The van der Waals surface area contributed by atoms with Crippen LogP contribution in [0.15, 0.2) is 48.5 Å². The lowest BCUT2D eigenvalue weighted by molar-refractivity contribution is -0.141. The van der Waals surface area contributed by atoms with Crippen LogP contribution < -0.4 is 4.74 Å². The molecule has 3 rings (SSSR count). The number of hydrogen-bond donors (Lipinski definition) is 0. The van der Waals surface area contributed by atoms with E-state index in [2.05, 4.69) is 0 Å². The highest BCUT2D eigenvalue weighted by Gasteiger charge is 2.53. The first-order valence-corrected chi connectivity index (χ1v) is 9.74. The van der Waals surface area contributed by atoms with Crippen LogP contribution >= 0.6 is 0 Å². The maximum absolute atomic E-state index is 14.6. The zero-order valence-electron chi connectivity index (χ0n) is 17.4. The van der Waals surface area contributed by atoms with Crippen LogP contribution in [0.25, 0.3) is 0 Å². The average molecular weight is 412 g/mol. The number of aryl methyl sites for hydroxylation is 1. The van der Waals surface area contributed by atoms with Crippen LogP contribution in [0.4, 0.5) is 4.39 Å². The fourth-order valence-electron chi connectivity index (χ4n) is 3.63. The van der Waals surface area contributed by atoms with Gasteiger partial charge in [-0.15, -0.1) is 0 Å². The summed E-state index contributed by atoms with van der Waals surface area (Å²) in [6.07, 6.45) is -0.521. The summed E-state index contributed by atoms with van der Waals surface area (Å²) < 4.78 is 20.2. The predicted octanol–water partition coefficient (Wildman–Crippen LogP) is 2.69. The molecule has 1 atom stereocenters. The molecule has 1 heterocycles. The van der Waals surface area contributed by atoms with E-state index in [0.29, 0.717) is 5.75 Å². The molecular formula is C23H25FN2O4. The van der Waals surface area contributed by atoms with Crippen molar-refractivity contribution in [3.63, 3.8) is 0 Å². The molecule has 6 nitrogen and oxygen atoms in total. The van der Waals surface area contributed by atoms with Gasteiger partial charge in [-0.2, -0.15) is 0 Å². The monoisotopic (exact) mass is 412 g/mol. The van der Waals surface area contributed by atoms with Crippen molar-refractivity contribution in [2.45, 2.75) is 25.2 Å². The van der Waals surface area contributed by atoms with Gasteiger partial charge in [-0.3, -0.25) is 19.3 Å². The number of imide groups is 1. The number of nitrogens with zero attached hydrogens (tertiary/aromatic N) is 2. The fourth-order valence-corrected chi connectivity index (χ4v) is 3.63. The summed E-state index contributed by atoms with van der Waals surface area (Å²) >= 11 is 0. The Morgan fingerprint density at radius 1 is 1.17 bits per heavy atom. The maximum Gasteiger partial charge on any atom is 0.240 e. The van der Waals surface area contributed by atoms with Gasteiger partial charge in [-0.25, -0.2) is 4.39 Å². The lowest BCUT2D eigenvalue weighted by Gasteiger charge is -2.29. The van der Waals surface area contributed by atoms with Crippen LogP contribution in [0, 0.1) is 12.7 Å². The van der Waals surface area contributed by atoms with Crippen molar-refractivity contribution in [1.29, 1.82) is 0 Å². The minimum absolute atomic E-state index is 0.0744. The van der Waals surface area contributed by atoms with Crippen molar-refractivity contribution in [1.82, 2.24) is 9.80 Å². The van der Waals surface area contributed by atoms with Crippen molar-refractivity contribution in [2.75, 3.05) is 27.2 Å². The molecule has 7 heteroatoms. The third-order valence-electron chi connectivity index (χ3n) is 5.53. The number of carbonyl (C=O) groups excluding carboxylic acids is 3. The first-order valence-electron chi connectivity index (χ1n) is 9.74. The second kappa shape index (κ2) is 8.65. The summed E-state index contributed by atoms with van der Waals surface area (Å²) in [5.41, 5.74) is -0.334. The lowest BCUT2D eigenvalue weighted by atomic mass is 9.75. The summed E-state index contributed by atoms with van der Waals surface area (Å²) in [7, 11) is 2.96. The summed E-state index contributed by atoms with van der Waals surface area (Å²) in [4.78, 5) is 40.5. The standard InChI is InChI=1S/C23H25FN2O4/c1-16-8-10-17(11-9-16)30-13-12-25(2)20(27)14-23(15-21(28)26(3)22(23)29)18-6-4-5-7-19(18)24/h4-11H,12-15H2,1-3H3/t23-/m1/s1. The molecule has 0 aliphatic carbocycles. The Kier molecular flexibility index (Phi) is 6.20. The van der Waals surface area contributed by atoms with Crippen LogP contribution in [0.5, 0.6) is 5.75 Å². The van der Waals surface area contributed by atoms with Crippen LogP contribution in [0.3, 0.4) is 0 Å².